The van der Waals surface area contributed by atoms with Crippen LogP contribution in [0.2, 0.25) is 25.7 Å². The number of nitrogens with zero attached hydrogens (tertiary/aromatic N) is 11. The zero-order chi connectivity index (χ0) is 49.3. The minimum absolute atomic E-state index is 0.0105. The number of benzene rings is 2. The van der Waals surface area contributed by atoms with Crippen LogP contribution >= 0.6 is 0 Å². The SMILES string of the molecule is Cc1cc(-c2cc(Nc3ccc(N4CCN(C5CN(C6CN(c7ccc(N8CCC(=O)N(COCC[Si](C)(C)C)C8=O)cc7)C6)C5)CC4)cn3)ncn2)ccc1[C@@H](C)NC(=O)c1nc(C(C)(C)C)no1. The van der Waals surface area contributed by atoms with Crippen LogP contribution in [0.1, 0.15) is 67.8 Å². The summed E-state index contributed by atoms with van der Waals surface area (Å²) in [7, 11) is -1.26. The van der Waals surface area contributed by atoms with Gasteiger partial charge in [0.25, 0.3) is 0 Å². The maximum absolute atomic E-state index is 13.3. The number of carbonyl (C=O) groups is 3. The molecule has 4 aliphatic heterocycles. The Balaban J connectivity index is 0.691. The van der Waals surface area contributed by atoms with Gasteiger partial charge in [-0.1, -0.05) is 57.7 Å². The van der Waals surface area contributed by atoms with Crippen molar-refractivity contribution in [1.29, 1.82) is 0 Å². The third kappa shape index (κ3) is 11.2. The Bertz CT molecular complexity index is 2650. The molecule has 3 aromatic heterocycles. The predicted octanol–water partition coefficient (Wildman–Crippen LogP) is 6.93. The molecule has 0 spiro atoms. The highest BCUT2D eigenvalue weighted by Gasteiger charge is 2.42. The minimum atomic E-state index is -1.26. The van der Waals surface area contributed by atoms with Gasteiger partial charge >= 0.3 is 17.8 Å². The van der Waals surface area contributed by atoms with Gasteiger partial charge in [0.1, 0.15) is 24.7 Å². The van der Waals surface area contributed by atoms with Crippen molar-refractivity contribution in [3.05, 3.63) is 96.0 Å². The van der Waals surface area contributed by atoms with Crippen molar-refractivity contribution in [2.75, 3.05) is 92.3 Å². The Morgan fingerprint density at radius 2 is 1.54 bits per heavy atom. The number of hydrogen-bond acceptors (Lipinski definition) is 15. The summed E-state index contributed by atoms with van der Waals surface area (Å²) in [4.78, 5) is 69.8. The molecule has 0 saturated carbocycles. The van der Waals surface area contributed by atoms with E-state index >= 15 is 0 Å². The molecule has 70 heavy (non-hydrogen) atoms. The average Bonchev–Trinajstić information content (AvgIpc) is 3.82. The van der Waals surface area contributed by atoms with Crippen LogP contribution in [-0.2, 0) is 14.9 Å². The number of likely N-dealkylation sites (tertiary alicyclic amines) is 1. The van der Waals surface area contributed by atoms with Crippen molar-refractivity contribution in [3.8, 4) is 11.3 Å². The molecule has 2 N–H and O–H groups in total. The number of amides is 4. The van der Waals surface area contributed by atoms with Gasteiger partial charge in [-0.3, -0.25) is 24.3 Å². The van der Waals surface area contributed by atoms with Gasteiger partial charge in [-0.25, -0.2) is 24.6 Å². The number of rotatable bonds is 16. The number of aromatic nitrogens is 5. The molecule has 4 fully saturated rings. The molecule has 9 rings (SSSR count). The maximum Gasteiger partial charge on any atom is 0.333 e. The van der Waals surface area contributed by atoms with E-state index in [1.54, 1.807) is 11.2 Å². The van der Waals surface area contributed by atoms with Gasteiger partial charge in [-0.05, 0) is 73.5 Å². The molecule has 0 unspecified atom stereocenters. The van der Waals surface area contributed by atoms with Crippen molar-refractivity contribution in [2.45, 2.75) is 90.3 Å². The van der Waals surface area contributed by atoms with Crippen molar-refractivity contribution in [1.82, 2.24) is 45.1 Å². The summed E-state index contributed by atoms with van der Waals surface area (Å²) in [6.45, 7) is 25.8. The summed E-state index contributed by atoms with van der Waals surface area (Å²) in [5.74, 6) is 1.19. The van der Waals surface area contributed by atoms with Crippen LogP contribution in [0.15, 0.2) is 77.7 Å². The molecule has 0 radical (unpaired) electrons. The number of nitrogens with one attached hydrogen (secondary N) is 2. The van der Waals surface area contributed by atoms with E-state index in [9.17, 15) is 14.4 Å². The predicted molar refractivity (Wildman–Crippen MR) is 273 cm³/mol. The Hall–Kier alpha value is -6.28. The van der Waals surface area contributed by atoms with Gasteiger partial charge in [0.15, 0.2) is 5.82 Å². The van der Waals surface area contributed by atoms with Crippen LogP contribution in [0.4, 0.5) is 33.5 Å². The summed E-state index contributed by atoms with van der Waals surface area (Å²) < 4.78 is 11.0. The van der Waals surface area contributed by atoms with Gasteiger partial charge in [-0.15, -0.1) is 0 Å². The van der Waals surface area contributed by atoms with E-state index in [1.165, 1.54) is 4.90 Å². The molecule has 370 valence electrons. The van der Waals surface area contributed by atoms with Crippen molar-refractivity contribution in [3.63, 3.8) is 0 Å². The Morgan fingerprint density at radius 1 is 0.829 bits per heavy atom. The molecular weight excluding hydrogens is 903 g/mol. The molecule has 1 atom stereocenters. The molecule has 4 amide bonds. The normalized spacial score (nSPS) is 18.2. The fourth-order valence-electron chi connectivity index (χ4n) is 9.33. The largest absolute Gasteiger partial charge is 0.368 e. The van der Waals surface area contributed by atoms with Crippen LogP contribution in [0.25, 0.3) is 11.3 Å². The maximum atomic E-state index is 13.3. The molecule has 0 aliphatic carbocycles. The van der Waals surface area contributed by atoms with Crippen LogP contribution in [0, 0.1) is 6.92 Å². The first-order valence-corrected chi connectivity index (χ1v) is 28.3. The monoisotopic (exact) mass is 970 g/mol. The van der Waals surface area contributed by atoms with Gasteiger partial charge in [0, 0.05) is 121 Å². The number of anilines is 5. The quantitative estimate of drug-likeness (QED) is 0.0767. The van der Waals surface area contributed by atoms with Crippen LogP contribution in [0.3, 0.4) is 0 Å². The number of piperazine rings is 1. The molecule has 4 aliphatic rings. The van der Waals surface area contributed by atoms with E-state index in [0.717, 1.165) is 97.8 Å². The molecule has 7 heterocycles. The van der Waals surface area contributed by atoms with Crippen LogP contribution < -0.4 is 25.3 Å². The van der Waals surface area contributed by atoms with Crippen LogP contribution in [0.5, 0.6) is 0 Å². The third-order valence-corrected chi connectivity index (χ3v) is 15.6. The van der Waals surface area contributed by atoms with E-state index in [-0.39, 0.29) is 36.0 Å². The second-order valence-electron chi connectivity index (χ2n) is 21.3. The highest BCUT2D eigenvalue weighted by Crippen LogP contribution is 2.32. The number of ether oxygens (including phenoxy) is 1. The number of pyridine rings is 1. The first-order chi connectivity index (χ1) is 33.5. The second kappa shape index (κ2) is 20.2. The summed E-state index contributed by atoms with van der Waals surface area (Å²) in [5.41, 5.74) is 6.42. The lowest BCUT2D eigenvalue weighted by molar-refractivity contribution is -0.133. The van der Waals surface area contributed by atoms with Gasteiger partial charge < -0.3 is 29.7 Å². The standard InChI is InChI=1S/C51H67N13O5Si/c1-34-25-36(9-15-42(34)35(2)55-47(66)48-57-49(58-69-48)51(3,4)5)43-26-45(54-32-53-43)56-44-16-14-39(27-52-44)59-19-21-60(22-20-59)40-28-62(29-40)41-30-61(31-41)37-10-12-38(13-11-37)63-18-17-46(65)64(50(63)67)33-68-23-24-70(6,7)8/h9-16,25-27,32,35,40-41H,17-24,28-31,33H2,1-8H3,(H,55,66)(H,52,53,54,56)/t35-/m1/s1. The number of hydrogen-bond donors (Lipinski definition) is 2. The number of urea groups is 1. The summed E-state index contributed by atoms with van der Waals surface area (Å²) in [6.07, 6.45) is 3.77. The van der Waals surface area contributed by atoms with Gasteiger partial charge in [0.05, 0.1) is 23.6 Å². The van der Waals surface area contributed by atoms with Gasteiger partial charge in [-0.2, -0.15) is 4.98 Å². The highest BCUT2D eigenvalue weighted by atomic mass is 28.3. The molecule has 4 saturated heterocycles. The van der Waals surface area contributed by atoms with Gasteiger partial charge in [0.2, 0.25) is 5.91 Å². The smallest absolute Gasteiger partial charge is 0.333 e. The molecular formula is C51H67N13O5Si. The zero-order valence-corrected chi connectivity index (χ0v) is 42.8. The minimum Gasteiger partial charge on any atom is -0.368 e. The Kier molecular flexibility index (Phi) is 14.1. The molecule has 0 bridgehead atoms. The number of carbonyl (C=O) groups excluding carboxylic acids is 3. The fourth-order valence-corrected chi connectivity index (χ4v) is 10.1. The van der Waals surface area contributed by atoms with Crippen molar-refractivity contribution >= 4 is 54.6 Å². The summed E-state index contributed by atoms with van der Waals surface area (Å²) >= 11 is 0. The summed E-state index contributed by atoms with van der Waals surface area (Å²) in [5, 5.41) is 10.3. The molecule has 18 nitrogen and oxygen atoms in total. The fraction of sp³-hybridized carbons (Fsp3) is 0.490. The average molecular weight is 970 g/mol. The summed E-state index contributed by atoms with van der Waals surface area (Å²) in [6, 6.07) is 21.8. The lowest BCUT2D eigenvalue weighted by Gasteiger charge is -2.55. The second-order valence-corrected chi connectivity index (χ2v) is 26.9. The van der Waals surface area contributed by atoms with E-state index in [2.05, 4.69) is 94.2 Å². The van der Waals surface area contributed by atoms with Crippen molar-refractivity contribution in [2.24, 2.45) is 0 Å². The Labute approximate surface area is 411 Å². The van der Waals surface area contributed by atoms with E-state index in [0.29, 0.717) is 49.1 Å². The van der Waals surface area contributed by atoms with Crippen molar-refractivity contribution < 1.29 is 23.6 Å². The highest BCUT2D eigenvalue weighted by molar-refractivity contribution is 6.76. The Morgan fingerprint density at radius 3 is 2.21 bits per heavy atom. The first kappa shape index (κ1) is 48.7. The van der Waals surface area contributed by atoms with Crippen LogP contribution in [-0.4, -0.2) is 150 Å². The molecule has 19 heteroatoms. The first-order valence-electron chi connectivity index (χ1n) is 24.5. The molecule has 2 aromatic carbocycles. The lowest BCUT2D eigenvalue weighted by atomic mass is 9.96. The van der Waals surface area contributed by atoms with E-state index in [1.807, 2.05) is 77.2 Å². The zero-order valence-electron chi connectivity index (χ0n) is 41.8. The van der Waals surface area contributed by atoms with E-state index < -0.39 is 14.0 Å². The van der Waals surface area contributed by atoms with E-state index in [4.69, 9.17) is 14.2 Å². The number of aryl methyl sites for hydroxylation is 1. The lowest BCUT2D eigenvalue weighted by Crippen LogP contribution is -2.71. The third-order valence-electron chi connectivity index (χ3n) is 13.9. The number of imide groups is 1. The molecule has 5 aromatic rings. The topological polar surface area (TPSA) is 182 Å².